The summed E-state index contributed by atoms with van der Waals surface area (Å²) < 4.78 is 11.0. The van der Waals surface area contributed by atoms with Crippen molar-refractivity contribution in [1.82, 2.24) is 0 Å². The van der Waals surface area contributed by atoms with Gasteiger partial charge in [-0.25, -0.2) is 0 Å². The fraction of sp³-hybridized carbons (Fsp3) is 0.200. The molecule has 0 fully saturated rings. The number of nitrogens with one attached hydrogen (secondary N) is 1. The fourth-order valence-electron chi connectivity index (χ4n) is 1.69. The molecule has 2 rings (SSSR count). The Labute approximate surface area is 107 Å². The Morgan fingerprint density at radius 2 is 1.83 bits per heavy atom. The molecule has 0 saturated carbocycles. The van der Waals surface area contributed by atoms with Gasteiger partial charge in [-0.3, -0.25) is 0 Å². The smallest absolute Gasteiger partial charge is 0.143 e. The number of rotatable bonds is 5. The van der Waals surface area contributed by atoms with E-state index in [0.717, 1.165) is 22.7 Å². The summed E-state index contributed by atoms with van der Waals surface area (Å²) in [5.74, 6) is 1.63. The van der Waals surface area contributed by atoms with Gasteiger partial charge in [-0.2, -0.15) is 0 Å². The van der Waals surface area contributed by atoms with Crippen LogP contribution >= 0.6 is 0 Å². The molecule has 0 aliphatic carbocycles. The zero-order chi connectivity index (χ0) is 12.8. The summed E-state index contributed by atoms with van der Waals surface area (Å²) in [5, 5.41) is 3.10. The average Bonchev–Trinajstić information content (AvgIpc) is 2.46. The van der Waals surface area contributed by atoms with Gasteiger partial charge in [0.05, 0.1) is 12.8 Å². The standard InChI is InChI=1S/C15H17NO2/c1-16-14-10-13(17-2)8-9-15(14)18-11-12-6-4-3-5-7-12/h3-10,16H,11H2,1-2H3. The normalized spacial score (nSPS) is 9.89. The maximum Gasteiger partial charge on any atom is 0.143 e. The summed E-state index contributed by atoms with van der Waals surface area (Å²) >= 11 is 0. The van der Waals surface area contributed by atoms with Gasteiger partial charge in [-0.1, -0.05) is 30.3 Å². The molecule has 0 aromatic heterocycles. The molecule has 3 heteroatoms. The summed E-state index contributed by atoms with van der Waals surface area (Å²) in [7, 11) is 3.52. The number of methoxy groups -OCH3 is 1. The van der Waals surface area contributed by atoms with Crippen LogP contribution in [0.4, 0.5) is 5.69 Å². The van der Waals surface area contributed by atoms with E-state index in [-0.39, 0.29) is 0 Å². The number of anilines is 1. The van der Waals surface area contributed by atoms with Crippen molar-refractivity contribution in [2.24, 2.45) is 0 Å². The molecule has 2 aromatic rings. The van der Waals surface area contributed by atoms with Crippen molar-refractivity contribution < 1.29 is 9.47 Å². The van der Waals surface area contributed by atoms with Gasteiger partial charge in [0.1, 0.15) is 18.1 Å². The third-order valence-electron chi connectivity index (χ3n) is 2.69. The van der Waals surface area contributed by atoms with Crippen LogP contribution in [0.2, 0.25) is 0 Å². The highest BCUT2D eigenvalue weighted by molar-refractivity contribution is 5.59. The van der Waals surface area contributed by atoms with E-state index in [0.29, 0.717) is 6.61 Å². The van der Waals surface area contributed by atoms with Crippen molar-refractivity contribution >= 4 is 5.69 Å². The Morgan fingerprint density at radius 3 is 2.50 bits per heavy atom. The summed E-state index contributed by atoms with van der Waals surface area (Å²) in [6.07, 6.45) is 0. The molecule has 2 aromatic carbocycles. The predicted molar refractivity (Wildman–Crippen MR) is 73.3 cm³/mol. The first-order chi connectivity index (χ1) is 8.83. The van der Waals surface area contributed by atoms with Crippen LogP contribution in [0.5, 0.6) is 11.5 Å². The quantitative estimate of drug-likeness (QED) is 0.873. The highest BCUT2D eigenvalue weighted by Crippen LogP contribution is 2.29. The van der Waals surface area contributed by atoms with E-state index in [1.807, 2.05) is 55.6 Å². The molecule has 0 atom stereocenters. The van der Waals surface area contributed by atoms with Crippen LogP contribution in [0, 0.1) is 0 Å². The van der Waals surface area contributed by atoms with Crippen molar-refractivity contribution in [3.63, 3.8) is 0 Å². The second-order valence-corrected chi connectivity index (χ2v) is 3.89. The highest BCUT2D eigenvalue weighted by Gasteiger charge is 2.04. The molecule has 0 heterocycles. The third kappa shape index (κ3) is 2.94. The molecular formula is C15H17NO2. The second kappa shape index (κ2) is 5.96. The molecule has 0 radical (unpaired) electrons. The van der Waals surface area contributed by atoms with E-state index in [4.69, 9.17) is 9.47 Å². The molecule has 3 nitrogen and oxygen atoms in total. The Balaban J connectivity index is 2.09. The van der Waals surface area contributed by atoms with Gasteiger partial charge in [0, 0.05) is 13.1 Å². The molecule has 0 amide bonds. The number of hydrogen-bond acceptors (Lipinski definition) is 3. The van der Waals surface area contributed by atoms with E-state index < -0.39 is 0 Å². The minimum Gasteiger partial charge on any atom is -0.497 e. The SMILES string of the molecule is CNc1cc(OC)ccc1OCc1ccccc1. The fourth-order valence-corrected chi connectivity index (χ4v) is 1.69. The maximum atomic E-state index is 5.80. The lowest BCUT2D eigenvalue weighted by atomic mass is 10.2. The van der Waals surface area contributed by atoms with Gasteiger partial charge >= 0.3 is 0 Å². The third-order valence-corrected chi connectivity index (χ3v) is 2.69. The van der Waals surface area contributed by atoms with Gasteiger partial charge in [0.2, 0.25) is 0 Å². The number of benzene rings is 2. The Morgan fingerprint density at radius 1 is 1.06 bits per heavy atom. The second-order valence-electron chi connectivity index (χ2n) is 3.89. The van der Waals surface area contributed by atoms with Crippen molar-refractivity contribution in [2.45, 2.75) is 6.61 Å². The van der Waals surface area contributed by atoms with E-state index in [9.17, 15) is 0 Å². The number of hydrogen-bond donors (Lipinski definition) is 1. The van der Waals surface area contributed by atoms with Gasteiger partial charge in [0.25, 0.3) is 0 Å². The molecule has 0 saturated heterocycles. The Kier molecular flexibility index (Phi) is 4.07. The molecule has 0 aliphatic rings. The first-order valence-corrected chi connectivity index (χ1v) is 5.86. The Hall–Kier alpha value is -2.16. The molecule has 1 N–H and O–H groups in total. The van der Waals surface area contributed by atoms with Gasteiger partial charge < -0.3 is 14.8 Å². The van der Waals surface area contributed by atoms with Crippen molar-refractivity contribution in [3.8, 4) is 11.5 Å². The summed E-state index contributed by atoms with van der Waals surface area (Å²) in [6.45, 7) is 0.557. The molecule has 0 bridgehead atoms. The topological polar surface area (TPSA) is 30.5 Å². The van der Waals surface area contributed by atoms with Crippen LogP contribution in [0.1, 0.15) is 5.56 Å². The minimum absolute atomic E-state index is 0.557. The monoisotopic (exact) mass is 243 g/mol. The summed E-state index contributed by atoms with van der Waals surface area (Å²) in [4.78, 5) is 0. The first-order valence-electron chi connectivity index (χ1n) is 5.86. The van der Waals surface area contributed by atoms with Gasteiger partial charge in [0.15, 0.2) is 0 Å². The predicted octanol–water partition coefficient (Wildman–Crippen LogP) is 3.32. The molecular weight excluding hydrogens is 226 g/mol. The first kappa shape index (κ1) is 12.3. The minimum atomic E-state index is 0.557. The molecule has 0 unspecified atom stereocenters. The zero-order valence-electron chi connectivity index (χ0n) is 10.6. The van der Waals surface area contributed by atoms with Crippen molar-refractivity contribution in [1.29, 1.82) is 0 Å². The van der Waals surface area contributed by atoms with E-state index >= 15 is 0 Å². The average molecular weight is 243 g/mol. The lowest BCUT2D eigenvalue weighted by Gasteiger charge is -2.12. The van der Waals surface area contributed by atoms with Crippen LogP contribution < -0.4 is 14.8 Å². The van der Waals surface area contributed by atoms with Crippen LogP contribution in [0.3, 0.4) is 0 Å². The number of ether oxygens (including phenoxy) is 2. The van der Waals surface area contributed by atoms with Crippen LogP contribution in [-0.2, 0) is 6.61 Å². The highest BCUT2D eigenvalue weighted by atomic mass is 16.5. The van der Waals surface area contributed by atoms with Crippen molar-refractivity contribution in [3.05, 3.63) is 54.1 Å². The summed E-state index contributed by atoms with van der Waals surface area (Å²) in [6, 6.07) is 15.8. The van der Waals surface area contributed by atoms with E-state index in [1.165, 1.54) is 0 Å². The molecule has 0 spiro atoms. The summed E-state index contributed by atoms with van der Waals surface area (Å²) in [5.41, 5.74) is 2.07. The van der Waals surface area contributed by atoms with Crippen LogP contribution in [0.25, 0.3) is 0 Å². The van der Waals surface area contributed by atoms with Crippen molar-refractivity contribution in [2.75, 3.05) is 19.5 Å². The van der Waals surface area contributed by atoms with Gasteiger partial charge in [-0.15, -0.1) is 0 Å². The largest absolute Gasteiger partial charge is 0.497 e. The Bertz CT molecular complexity index is 497. The molecule has 0 aliphatic heterocycles. The van der Waals surface area contributed by atoms with E-state index in [1.54, 1.807) is 7.11 Å². The van der Waals surface area contributed by atoms with Gasteiger partial charge in [-0.05, 0) is 17.7 Å². The van der Waals surface area contributed by atoms with E-state index in [2.05, 4.69) is 5.32 Å². The van der Waals surface area contributed by atoms with Crippen LogP contribution in [-0.4, -0.2) is 14.2 Å². The maximum absolute atomic E-state index is 5.80. The lowest BCUT2D eigenvalue weighted by molar-refractivity contribution is 0.307. The molecule has 18 heavy (non-hydrogen) atoms. The van der Waals surface area contributed by atoms with Crippen LogP contribution in [0.15, 0.2) is 48.5 Å². The molecule has 94 valence electrons. The zero-order valence-corrected chi connectivity index (χ0v) is 10.6. The lowest BCUT2D eigenvalue weighted by Crippen LogP contribution is -1.99.